The van der Waals surface area contributed by atoms with E-state index in [0.717, 1.165) is 0 Å². The van der Waals surface area contributed by atoms with Gasteiger partial charge in [-0.15, -0.1) is 0 Å². The predicted octanol–water partition coefficient (Wildman–Crippen LogP) is 3.27. The summed E-state index contributed by atoms with van der Waals surface area (Å²) in [6.45, 7) is 1.58. The van der Waals surface area contributed by atoms with Gasteiger partial charge >= 0.3 is 0 Å². The second-order valence-corrected chi connectivity index (χ2v) is 3.90. The summed E-state index contributed by atoms with van der Waals surface area (Å²) in [6.07, 6.45) is 1.25. The normalized spacial score (nSPS) is 10.6. The lowest BCUT2D eigenvalue weighted by atomic mass is 10.2. The number of anilines is 3. The number of nitrogens with two attached hydrogens (primary N) is 1. The van der Waals surface area contributed by atoms with E-state index in [9.17, 15) is 17.6 Å². The number of aromatic nitrogens is 1. The molecule has 2 rings (SSSR count). The van der Waals surface area contributed by atoms with E-state index in [1.807, 2.05) is 0 Å². The number of nitrogens with zero attached hydrogens (tertiary/aromatic N) is 1. The monoisotopic (exact) mass is 271 g/mol. The number of nitrogen functional groups attached to an aromatic ring is 1. The minimum Gasteiger partial charge on any atom is -0.397 e. The van der Waals surface area contributed by atoms with Gasteiger partial charge in [0.2, 0.25) is 0 Å². The Bertz CT molecular complexity index is 617. The first-order chi connectivity index (χ1) is 8.90. The molecule has 1 aromatic carbocycles. The van der Waals surface area contributed by atoms with Gasteiger partial charge in [0.15, 0.2) is 23.3 Å². The molecule has 100 valence electrons. The fourth-order valence-electron chi connectivity index (χ4n) is 1.53. The Morgan fingerprint density at radius 3 is 2.16 bits per heavy atom. The molecule has 1 heterocycles. The van der Waals surface area contributed by atoms with Crippen molar-refractivity contribution in [1.29, 1.82) is 0 Å². The van der Waals surface area contributed by atoms with Crippen LogP contribution in [0.3, 0.4) is 0 Å². The average molecular weight is 271 g/mol. The van der Waals surface area contributed by atoms with Crippen LogP contribution in [0.1, 0.15) is 5.56 Å². The first-order valence-electron chi connectivity index (χ1n) is 5.22. The summed E-state index contributed by atoms with van der Waals surface area (Å²) in [7, 11) is 0. The van der Waals surface area contributed by atoms with Crippen LogP contribution >= 0.6 is 0 Å². The quantitative estimate of drug-likeness (QED) is 0.651. The second kappa shape index (κ2) is 4.75. The van der Waals surface area contributed by atoms with Crippen LogP contribution in [0.2, 0.25) is 0 Å². The van der Waals surface area contributed by atoms with Crippen molar-refractivity contribution in [3.63, 3.8) is 0 Å². The highest BCUT2D eigenvalue weighted by molar-refractivity contribution is 5.62. The lowest BCUT2D eigenvalue weighted by Gasteiger charge is -2.11. The maximum atomic E-state index is 13.4. The van der Waals surface area contributed by atoms with Gasteiger partial charge in [-0.25, -0.2) is 22.5 Å². The number of hydrogen-bond acceptors (Lipinski definition) is 3. The molecule has 0 unspecified atom stereocenters. The molecule has 0 aliphatic rings. The third-order valence-electron chi connectivity index (χ3n) is 2.45. The maximum absolute atomic E-state index is 13.4. The number of hydrogen-bond donors (Lipinski definition) is 2. The Hall–Kier alpha value is -2.31. The summed E-state index contributed by atoms with van der Waals surface area (Å²) in [4.78, 5) is 3.80. The molecule has 19 heavy (non-hydrogen) atoms. The molecule has 0 saturated carbocycles. The van der Waals surface area contributed by atoms with E-state index in [2.05, 4.69) is 10.3 Å². The zero-order valence-corrected chi connectivity index (χ0v) is 9.77. The third-order valence-corrected chi connectivity index (χ3v) is 2.45. The molecule has 1 aromatic heterocycles. The molecule has 3 nitrogen and oxygen atoms in total. The van der Waals surface area contributed by atoms with Crippen LogP contribution in [0.5, 0.6) is 0 Å². The van der Waals surface area contributed by atoms with Crippen molar-refractivity contribution in [3.05, 3.63) is 47.2 Å². The number of halogens is 4. The summed E-state index contributed by atoms with van der Waals surface area (Å²) in [5, 5.41) is 2.22. The van der Waals surface area contributed by atoms with Crippen molar-refractivity contribution in [2.45, 2.75) is 6.92 Å². The smallest absolute Gasteiger partial charge is 0.185 e. The Morgan fingerprint density at radius 2 is 1.63 bits per heavy atom. The fraction of sp³-hybridized carbons (Fsp3) is 0.0833. The number of nitrogens with one attached hydrogen (secondary N) is 1. The van der Waals surface area contributed by atoms with E-state index in [1.165, 1.54) is 12.3 Å². The van der Waals surface area contributed by atoms with Crippen molar-refractivity contribution < 1.29 is 17.6 Å². The van der Waals surface area contributed by atoms with Gasteiger partial charge < -0.3 is 11.1 Å². The zero-order valence-electron chi connectivity index (χ0n) is 9.77. The first-order valence-corrected chi connectivity index (χ1v) is 5.22. The van der Waals surface area contributed by atoms with Gasteiger partial charge in [-0.1, -0.05) is 0 Å². The van der Waals surface area contributed by atoms with Gasteiger partial charge in [0.1, 0.15) is 11.5 Å². The third kappa shape index (κ3) is 2.44. The van der Waals surface area contributed by atoms with Crippen molar-refractivity contribution >= 4 is 17.2 Å². The Labute approximate surface area is 106 Å². The van der Waals surface area contributed by atoms with E-state index in [-0.39, 0.29) is 11.9 Å². The van der Waals surface area contributed by atoms with E-state index in [1.54, 1.807) is 6.92 Å². The summed E-state index contributed by atoms with van der Waals surface area (Å²) in [5.41, 5.74) is 5.37. The Balaban J connectivity index is 2.49. The number of pyridine rings is 1. The highest BCUT2D eigenvalue weighted by Crippen LogP contribution is 2.28. The summed E-state index contributed by atoms with van der Waals surface area (Å²) in [5.74, 6) is -5.96. The molecular formula is C12H9F4N3. The number of rotatable bonds is 2. The van der Waals surface area contributed by atoms with Gasteiger partial charge in [0.25, 0.3) is 0 Å². The van der Waals surface area contributed by atoms with Crippen LogP contribution < -0.4 is 11.1 Å². The first kappa shape index (κ1) is 13.1. The summed E-state index contributed by atoms with van der Waals surface area (Å²) >= 11 is 0. The van der Waals surface area contributed by atoms with Crippen molar-refractivity contribution in [2.75, 3.05) is 11.1 Å². The van der Waals surface area contributed by atoms with Crippen LogP contribution in [0.15, 0.2) is 18.3 Å². The van der Waals surface area contributed by atoms with Gasteiger partial charge in [0.05, 0.1) is 11.9 Å². The van der Waals surface area contributed by atoms with Gasteiger partial charge in [0, 0.05) is 6.07 Å². The van der Waals surface area contributed by atoms with Crippen LogP contribution in [-0.4, -0.2) is 4.98 Å². The number of aryl methyl sites for hydroxylation is 1. The second-order valence-electron chi connectivity index (χ2n) is 3.90. The minimum absolute atomic E-state index is 0.0528. The summed E-state index contributed by atoms with van der Waals surface area (Å²) < 4.78 is 52.9. The van der Waals surface area contributed by atoms with Crippen molar-refractivity contribution in [1.82, 2.24) is 4.98 Å². The molecule has 0 bridgehead atoms. The van der Waals surface area contributed by atoms with Crippen LogP contribution in [0, 0.1) is 30.2 Å². The molecule has 0 radical (unpaired) electrons. The molecular weight excluding hydrogens is 262 g/mol. The van der Waals surface area contributed by atoms with Crippen LogP contribution in [0.4, 0.5) is 34.8 Å². The lowest BCUT2D eigenvalue weighted by Crippen LogP contribution is -2.05. The lowest BCUT2D eigenvalue weighted by molar-refractivity contribution is 0.459. The molecule has 0 aliphatic carbocycles. The summed E-state index contributed by atoms with van der Waals surface area (Å²) in [6, 6.07) is 1.64. The fourth-order valence-corrected chi connectivity index (χ4v) is 1.53. The molecule has 0 atom stereocenters. The zero-order chi connectivity index (χ0) is 14.2. The van der Waals surface area contributed by atoms with Crippen molar-refractivity contribution in [3.8, 4) is 0 Å². The van der Waals surface area contributed by atoms with Gasteiger partial charge in [-0.05, 0) is 18.6 Å². The molecule has 0 aliphatic heterocycles. The molecule has 2 aromatic rings. The van der Waals surface area contributed by atoms with Crippen LogP contribution in [0.25, 0.3) is 0 Å². The van der Waals surface area contributed by atoms with E-state index in [0.29, 0.717) is 11.3 Å². The molecule has 0 fully saturated rings. The van der Waals surface area contributed by atoms with Gasteiger partial charge in [-0.3, -0.25) is 0 Å². The Kier molecular flexibility index (Phi) is 3.28. The van der Waals surface area contributed by atoms with Crippen LogP contribution in [-0.2, 0) is 0 Å². The SMILES string of the molecule is Cc1cc(N)cnc1Nc1c(F)c(F)cc(F)c1F. The largest absolute Gasteiger partial charge is 0.397 e. The van der Waals surface area contributed by atoms with E-state index >= 15 is 0 Å². The average Bonchev–Trinajstić information content (AvgIpc) is 2.34. The molecule has 0 saturated heterocycles. The number of benzene rings is 1. The molecule has 0 amide bonds. The van der Waals surface area contributed by atoms with Gasteiger partial charge in [-0.2, -0.15) is 0 Å². The molecule has 0 spiro atoms. The molecule has 7 heteroatoms. The minimum atomic E-state index is -1.52. The predicted molar refractivity (Wildman–Crippen MR) is 62.9 cm³/mol. The maximum Gasteiger partial charge on any atom is 0.185 e. The van der Waals surface area contributed by atoms with E-state index in [4.69, 9.17) is 5.73 Å². The van der Waals surface area contributed by atoms with Crippen molar-refractivity contribution in [2.24, 2.45) is 0 Å². The standard InChI is InChI=1S/C12H9F4N3/c1-5-2-6(17)4-18-12(5)19-11-9(15)7(13)3-8(14)10(11)16/h2-4H,17H2,1H3,(H,18,19). The highest BCUT2D eigenvalue weighted by atomic mass is 19.2. The topological polar surface area (TPSA) is 50.9 Å². The highest BCUT2D eigenvalue weighted by Gasteiger charge is 2.20. The van der Waals surface area contributed by atoms with E-state index < -0.39 is 29.0 Å². The molecule has 3 N–H and O–H groups in total. The Morgan fingerprint density at radius 1 is 1.05 bits per heavy atom.